The van der Waals surface area contributed by atoms with Gasteiger partial charge in [0.25, 0.3) is 0 Å². The molecular weight excluding hydrogens is 140 g/mol. The number of likely N-dealkylation sites (N-methyl/N-ethyl adjacent to an activating group) is 1. The van der Waals surface area contributed by atoms with Crippen LogP contribution in [-0.2, 0) is 0 Å². The summed E-state index contributed by atoms with van der Waals surface area (Å²) in [5.74, 6) is 0. The molecule has 0 amide bonds. The number of nitrogens with one attached hydrogen (secondary N) is 2. The monoisotopic (exact) mass is 158 g/mol. The standard InChI is InChI=1S/C8H18N2O/c1-9-6-8(11)7-4-2-3-5-10-7/h7-11H,2-6H2,1H3. The van der Waals surface area contributed by atoms with Crippen molar-refractivity contribution in [3.05, 3.63) is 0 Å². The maximum atomic E-state index is 9.55. The van der Waals surface area contributed by atoms with Crippen molar-refractivity contribution in [3.63, 3.8) is 0 Å². The molecule has 0 aromatic heterocycles. The van der Waals surface area contributed by atoms with Crippen LogP contribution in [-0.4, -0.2) is 37.4 Å². The Morgan fingerprint density at radius 2 is 2.45 bits per heavy atom. The molecular formula is C8H18N2O. The van der Waals surface area contributed by atoms with E-state index in [1.807, 2.05) is 7.05 Å². The first-order valence-electron chi connectivity index (χ1n) is 4.40. The van der Waals surface area contributed by atoms with Gasteiger partial charge in [-0.25, -0.2) is 0 Å². The zero-order valence-corrected chi connectivity index (χ0v) is 7.14. The second kappa shape index (κ2) is 4.70. The van der Waals surface area contributed by atoms with Crippen molar-refractivity contribution in [2.24, 2.45) is 0 Å². The van der Waals surface area contributed by atoms with E-state index in [2.05, 4.69) is 10.6 Å². The smallest absolute Gasteiger partial charge is 0.0817 e. The van der Waals surface area contributed by atoms with E-state index in [9.17, 15) is 5.11 Å². The maximum absolute atomic E-state index is 9.55. The molecule has 11 heavy (non-hydrogen) atoms. The Hall–Kier alpha value is -0.120. The topological polar surface area (TPSA) is 44.3 Å². The summed E-state index contributed by atoms with van der Waals surface area (Å²) >= 11 is 0. The highest BCUT2D eigenvalue weighted by atomic mass is 16.3. The lowest BCUT2D eigenvalue weighted by molar-refractivity contribution is 0.113. The Balaban J connectivity index is 2.21. The lowest BCUT2D eigenvalue weighted by Crippen LogP contribution is -2.46. The van der Waals surface area contributed by atoms with Gasteiger partial charge in [0.05, 0.1) is 6.10 Å². The van der Waals surface area contributed by atoms with E-state index in [-0.39, 0.29) is 6.10 Å². The first-order chi connectivity index (χ1) is 5.34. The van der Waals surface area contributed by atoms with Crippen molar-refractivity contribution < 1.29 is 5.11 Å². The van der Waals surface area contributed by atoms with Crippen molar-refractivity contribution in [2.45, 2.75) is 31.4 Å². The molecule has 1 aliphatic rings. The Bertz CT molecular complexity index is 102. The van der Waals surface area contributed by atoms with Crippen LogP contribution in [0.2, 0.25) is 0 Å². The summed E-state index contributed by atoms with van der Waals surface area (Å²) in [7, 11) is 1.87. The Labute approximate surface area is 68.2 Å². The lowest BCUT2D eigenvalue weighted by Gasteiger charge is -2.27. The van der Waals surface area contributed by atoms with E-state index in [1.54, 1.807) is 0 Å². The summed E-state index contributed by atoms with van der Waals surface area (Å²) in [6.07, 6.45) is 3.39. The van der Waals surface area contributed by atoms with Gasteiger partial charge in [-0.1, -0.05) is 6.42 Å². The Morgan fingerprint density at radius 1 is 1.64 bits per heavy atom. The summed E-state index contributed by atoms with van der Waals surface area (Å²) in [5.41, 5.74) is 0. The highest BCUT2D eigenvalue weighted by molar-refractivity contribution is 4.80. The van der Waals surface area contributed by atoms with Crippen molar-refractivity contribution in [1.82, 2.24) is 10.6 Å². The molecule has 0 spiro atoms. The quantitative estimate of drug-likeness (QED) is 0.529. The van der Waals surface area contributed by atoms with Gasteiger partial charge in [-0.15, -0.1) is 0 Å². The second-order valence-corrected chi connectivity index (χ2v) is 3.18. The molecule has 3 N–H and O–H groups in total. The van der Waals surface area contributed by atoms with Gasteiger partial charge in [0.15, 0.2) is 0 Å². The zero-order chi connectivity index (χ0) is 8.10. The molecule has 0 radical (unpaired) electrons. The van der Waals surface area contributed by atoms with Crippen LogP contribution in [0.15, 0.2) is 0 Å². The van der Waals surface area contributed by atoms with E-state index >= 15 is 0 Å². The highest BCUT2D eigenvalue weighted by Crippen LogP contribution is 2.09. The number of hydrogen-bond acceptors (Lipinski definition) is 3. The molecule has 3 heteroatoms. The van der Waals surface area contributed by atoms with Gasteiger partial charge in [0, 0.05) is 12.6 Å². The fourth-order valence-corrected chi connectivity index (χ4v) is 1.56. The normalized spacial score (nSPS) is 28.4. The van der Waals surface area contributed by atoms with Crippen LogP contribution in [0, 0.1) is 0 Å². The predicted molar refractivity (Wildman–Crippen MR) is 45.6 cm³/mol. The Kier molecular flexibility index (Phi) is 3.83. The van der Waals surface area contributed by atoms with Gasteiger partial charge in [0.1, 0.15) is 0 Å². The molecule has 1 rings (SSSR count). The highest BCUT2D eigenvalue weighted by Gasteiger charge is 2.19. The predicted octanol–water partition coefficient (Wildman–Crippen LogP) is -0.291. The van der Waals surface area contributed by atoms with Crippen molar-refractivity contribution in [2.75, 3.05) is 20.1 Å². The SMILES string of the molecule is CNCC(O)C1CCCCN1. The van der Waals surface area contributed by atoms with Gasteiger partial charge in [-0.2, -0.15) is 0 Å². The van der Waals surface area contributed by atoms with Crippen LogP contribution in [0.25, 0.3) is 0 Å². The molecule has 1 aliphatic heterocycles. The molecule has 0 aromatic carbocycles. The fourth-order valence-electron chi connectivity index (χ4n) is 1.56. The van der Waals surface area contributed by atoms with Gasteiger partial charge in [0.2, 0.25) is 0 Å². The fraction of sp³-hybridized carbons (Fsp3) is 1.00. The van der Waals surface area contributed by atoms with Gasteiger partial charge in [-0.3, -0.25) is 0 Å². The van der Waals surface area contributed by atoms with Gasteiger partial charge in [-0.05, 0) is 26.4 Å². The molecule has 1 fully saturated rings. The minimum Gasteiger partial charge on any atom is -0.390 e. The van der Waals surface area contributed by atoms with Crippen LogP contribution in [0.4, 0.5) is 0 Å². The van der Waals surface area contributed by atoms with Crippen LogP contribution in [0.5, 0.6) is 0 Å². The molecule has 0 bridgehead atoms. The minimum atomic E-state index is -0.222. The number of hydrogen-bond donors (Lipinski definition) is 3. The molecule has 3 nitrogen and oxygen atoms in total. The summed E-state index contributed by atoms with van der Waals surface area (Å²) in [6, 6.07) is 0.316. The average Bonchev–Trinajstić information content (AvgIpc) is 2.07. The number of rotatable bonds is 3. The summed E-state index contributed by atoms with van der Waals surface area (Å²) < 4.78 is 0. The van der Waals surface area contributed by atoms with Gasteiger partial charge < -0.3 is 15.7 Å². The van der Waals surface area contributed by atoms with Crippen LogP contribution in [0.3, 0.4) is 0 Å². The summed E-state index contributed by atoms with van der Waals surface area (Å²) in [6.45, 7) is 1.75. The van der Waals surface area contributed by atoms with E-state index < -0.39 is 0 Å². The minimum absolute atomic E-state index is 0.222. The third-order valence-corrected chi connectivity index (χ3v) is 2.23. The van der Waals surface area contributed by atoms with Gasteiger partial charge >= 0.3 is 0 Å². The van der Waals surface area contributed by atoms with Crippen molar-refractivity contribution in [1.29, 1.82) is 0 Å². The lowest BCUT2D eigenvalue weighted by atomic mass is 10.00. The summed E-state index contributed by atoms with van der Waals surface area (Å²) in [5, 5.41) is 15.8. The molecule has 1 heterocycles. The second-order valence-electron chi connectivity index (χ2n) is 3.18. The van der Waals surface area contributed by atoms with E-state index in [0.29, 0.717) is 12.6 Å². The van der Waals surface area contributed by atoms with Crippen molar-refractivity contribution in [3.8, 4) is 0 Å². The number of piperidine rings is 1. The maximum Gasteiger partial charge on any atom is 0.0817 e. The van der Waals surface area contributed by atoms with Crippen LogP contribution < -0.4 is 10.6 Å². The summed E-state index contributed by atoms with van der Waals surface area (Å²) in [4.78, 5) is 0. The molecule has 0 saturated carbocycles. The van der Waals surface area contributed by atoms with Crippen molar-refractivity contribution >= 4 is 0 Å². The van der Waals surface area contributed by atoms with E-state index in [1.165, 1.54) is 12.8 Å². The molecule has 0 aromatic rings. The molecule has 0 aliphatic carbocycles. The molecule has 2 unspecified atom stereocenters. The number of aliphatic hydroxyl groups excluding tert-OH is 1. The number of aliphatic hydroxyl groups is 1. The molecule has 66 valence electrons. The van der Waals surface area contributed by atoms with Crippen LogP contribution in [0.1, 0.15) is 19.3 Å². The molecule has 2 atom stereocenters. The van der Waals surface area contributed by atoms with Crippen LogP contribution >= 0.6 is 0 Å². The largest absolute Gasteiger partial charge is 0.390 e. The zero-order valence-electron chi connectivity index (χ0n) is 7.14. The van der Waals surface area contributed by atoms with E-state index in [4.69, 9.17) is 0 Å². The average molecular weight is 158 g/mol. The van der Waals surface area contributed by atoms with E-state index in [0.717, 1.165) is 13.0 Å². The Morgan fingerprint density at radius 3 is 3.00 bits per heavy atom. The molecule has 1 saturated heterocycles. The first-order valence-corrected chi connectivity index (χ1v) is 4.40. The third kappa shape index (κ3) is 2.77. The third-order valence-electron chi connectivity index (χ3n) is 2.23. The first kappa shape index (κ1) is 8.97.